The monoisotopic (exact) mass is 527 g/mol. The highest BCUT2D eigenvalue weighted by molar-refractivity contribution is 5.92. The summed E-state index contributed by atoms with van der Waals surface area (Å²) in [6, 6.07) is 11.3. The quantitative estimate of drug-likeness (QED) is 0.137. The molecule has 1 heterocycles. The van der Waals surface area contributed by atoms with E-state index in [0.29, 0.717) is 54.7 Å². The molecule has 2 amide bonds. The van der Waals surface area contributed by atoms with Gasteiger partial charge in [-0.3, -0.25) is 14.8 Å². The van der Waals surface area contributed by atoms with Crippen LogP contribution >= 0.6 is 0 Å². The summed E-state index contributed by atoms with van der Waals surface area (Å²) in [7, 11) is 4.80. The van der Waals surface area contributed by atoms with E-state index in [-0.39, 0.29) is 18.2 Å². The Morgan fingerprint density at radius 1 is 0.842 bits per heavy atom. The molecule has 38 heavy (non-hydrogen) atoms. The summed E-state index contributed by atoms with van der Waals surface area (Å²) in [5, 5.41) is 12.4. The molecule has 0 fully saturated rings. The van der Waals surface area contributed by atoms with Gasteiger partial charge in [-0.25, -0.2) is 5.48 Å². The molecule has 3 aromatic rings. The van der Waals surface area contributed by atoms with Crippen molar-refractivity contribution in [3.8, 4) is 23.0 Å². The number of aromatic nitrogens is 1. The maximum absolute atomic E-state index is 12.4. The number of amides is 2. The lowest BCUT2D eigenvalue weighted by Crippen LogP contribution is -2.17. The first-order valence-corrected chi connectivity index (χ1v) is 12.7. The molecule has 0 unspecified atom stereocenters. The van der Waals surface area contributed by atoms with Crippen molar-refractivity contribution < 1.29 is 33.7 Å². The molecular formula is C28H37N3O7. The van der Waals surface area contributed by atoms with Crippen molar-refractivity contribution >= 4 is 28.4 Å². The van der Waals surface area contributed by atoms with Gasteiger partial charge >= 0.3 is 0 Å². The second kappa shape index (κ2) is 14.7. The van der Waals surface area contributed by atoms with Crippen LogP contribution in [0.2, 0.25) is 0 Å². The Labute approximate surface area is 222 Å². The van der Waals surface area contributed by atoms with Gasteiger partial charge < -0.3 is 28.8 Å². The highest BCUT2D eigenvalue weighted by atomic mass is 16.5. The largest absolute Gasteiger partial charge is 0.493 e. The first-order valence-electron chi connectivity index (χ1n) is 12.7. The van der Waals surface area contributed by atoms with Crippen molar-refractivity contribution in [3.63, 3.8) is 0 Å². The molecule has 0 radical (unpaired) electrons. The fourth-order valence-electron chi connectivity index (χ4n) is 4.32. The van der Waals surface area contributed by atoms with E-state index in [9.17, 15) is 9.59 Å². The molecule has 0 aliphatic carbocycles. The van der Waals surface area contributed by atoms with E-state index >= 15 is 0 Å². The molecule has 206 valence electrons. The Hall–Kier alpha value is -3.92. The van der Waals surface area contributed by atoms with E-state index < -0.39 is 0 Å². The highest BCUT2D eigenvalue weighted by Crippen LogP contribution is 2.43. The Bertz CT molecular complexity index is 1210. The van der Waals surface area contributed by atoms with Gasteiger partial charge in [-0.05, 0) is 43.5 Å². The van der Waals surface area contributed by atoms with Crippen LogP contribution in [-0.2, 0) is 16.1 Å². The molecule has 0 bridgehead atoms. The number of ether oxygens (including phenoxy) is 4. The Kier molecular flexibility index (Phi) is 11.1. The van der Waals surface area contributed by atoms with E-state index in [1.807, 2.05) is 42.6 Å². The number of hydrogen-bond acceptors (Lipinski definition) is 7. The van der Waals surface area contributed by atoms with Crippen molar-refractivity contribution in [2.75, 3.05) is 33.3 Å². The number of rotatable bonds is 16. The van der Waals surface area contributed by atoms with Gasteiger partial charge in [0.05, 0.1) is 39.1 Å². The predicted molar refractivity (Wildman–Crippen MR) is 144 cm³/mol. The molecule has 0 saturated carbocycles. The minimum Gasteiger partial charge on any atom is -0.493 e. The molecule has 2 aromatic carbocycles. The third-order valence-corrected chi connectivity index (χ3v) is 6.20. The lowest BCUT2D eigenvalue weighted by Gasteiger charge is -2.16. The fraction of sp³-hybridized carbons (Fsp3) is 0.429. The summed E-state index contributed by atoms with van der Waals surface area (Å²) >= 11 is 0. The van der Waals surface area contributed by atoms with Gasteiger partial charge in [-0.2, -0.15) is 0 Å². The van der Waals surface area contributed by atoms with Crippen molar-refractivity contribution in [1.29, 1.82) is 0 Å². The van der Waals surface area contributed by atoms with Crippen molar-refractivity contribution in [2.24, 2.45) is 0 Å². The maximum atomic E-state index is 12.4. The van der Waals surface area contributed by atoms with Gasteiger partial charge in [0, 0.05) is 31.0 Å². The topological polar surface area (TPSA) is 120 Å². The summed E-state index contributed by atoms with van der Waals surface area (Å²) in [4.78, 5) is 23.4. The third kappa shape index (κ3) is 7.55. The summed E-state index contributed by atoms with van der Waals surface area (Å²) in [6.45, 7) is 1.16. The summed E-state index contributed by atoms with van der Waals surface area (Å²) in [5.41, 5.74) is 3.19. The van der Waals surface area contributed by atoms with Crippen LogP contribution in [0, 0.1) is 0 Å². The number of aryl methyl sites for hydroxylation is 1. The van der Waals surface area contributed by atoms with Crippen LogP contribution < -0.4 is 29.7 Å². The molecule has 0 aliphatic rings. The van der Waals surface area contributed by atoms with E-state index in [4.69, 9.17) is 24.2 Å². The van der Waals surface area contributed by atoms with Gasteiger partial charge in [-0.1, -0.05) is 25.0 Å². The fourth-order valence-corrected chi connectivity index (χ4v) is 4.32. The normalized spacial score (nSPS) is 10.7. The summed E-state index contributed by atoms with van der Waals surface area (Å²) < 4.78 is 24.7. The lowest BCUT2D eigenvalue weighted by molar-refractivity contribution is -0.129. The number of nitrogens with one attached hydrogen (secondary N) is 2. The maximum Gasteiger partial charge on any atom is 0.243 e. The Morgan fingerprint density at radius 3 is 2.24 bits per heavy atom. The van der Waals surface area contributed by atoms with E-state index in [1.165, 1.54) is 0 Å². The number of nitrogens with zero attached hydrogens (tertiary/aromatic N) is 1. The van der Waals surface area contributed by atoms with Gasteiger partial charge in [0.2, 0.25) is 17.6 Å². The Balaban J connectivity index is 1.50. The van der Waals surface area contributed by atoms with Crippen LogP contribution in [0.25, 0.3) is 10.9 Å². The number of hydrogen-bond donors (Lipinski definition) is 3. The van der Waals surface area contributed by atoms with E-state index in [0.717, 1.165) is 36.6 Å². The average Bonchev–Trinajstić information content (AvgIpc) is 3.34. The molecular weight excluding hydrogens is 490 g/mol. The predicted octanol–water partition coefficient (Wildman–Crippen LogP) is 4.92. The van der Waals surface area contributed by atoms with Crippen LogP contribution in [0.1, 0.15) is 44.9 Å². The average molecular weight is 528 g/mol. The SMILES string of the molecule is COc1cc2ccn(CCCOc3ccccc3NC(=O)CCCCCCC(=O)NO)c2c(OC)c1OC. The summed E-state index contributed by atoms with van der Waals surface area (Å²) in [6.07, 6.45) is 6.46. The molecule has 0 atom stereocenters. The minimum atomic E-state index is -0.387. The zero-order valence-electron chi connectivity index (χ0n) is 22.2. The minimum absolute atomic E-state index is 0.0792. The first kappa shape index (κ1) is 28.6. The van der Waals surface area contributed by atoms with Gasteiger partial charge in [0.15, 0.2) is 11.5 Å². The van der Waals surface area contributed by atoms with Crippen LogP contribution in [0.15, 0.2) is 42.6 Å². The Morgan fingerprint density at radius 2 is 1.55 bits per heavy atom. The highest BCUT2D eigenvalue weighted by Gasteiger charge is 2.19. The van der Waals surface area contributed by atoms with Gasteiger partial charge in [0.25, 0.3) is 0 Å². The van der Waals surface area contributed by atoms with Crippen LogP contribution in [0.3, 0.4) is 0 Å². The summed E-state index contributed by atoms with van der Waals surface area (Å²) in [5.74, 6) is 1.95. The molecule has 3 N–H and O–H groups in total. The molecule has 10 heteroatoms. The number of carbonyl (C=O) groups is 2. The zero-order chi connectivity index (χ0) is 27.3. The second-order valence-corrected chi connectivity index (χ2v) is 8.79. The molecule has 0 spiro atoms. The molecule has 3 rings (SSSR count). The zero-order valence-corrected chi connectivity index (χ0v) is 22.2. The number of methoxy groups -OCH3 is 3. The lowest BCUT2D eigenvalue weighted by atomic mass is 10.1. The van der Waals surface area contributed by atoms with Crippen LogP contribution in [0.4, 0.5) is 5.69 Å². The number of para-hydroxylation sites is 2. The van der Waals surface area contributed by atoms with Crippen molar-refractivity contribution in [3.05, 3.63) is 42.6 Å². The van der Waals surface area contributed by atoms with E-state index in [2.05, 4.69) is 9.88 Å². The van der Waals surface area contributed by atoms with Crippen molar-refractivity contribution in [1.82, 2.24) is 10.0 Å². The number of carbonyl (C=O) groups excluding carboxylic acids is 2. The van der Waals surface area contributed by atoms with Crippen LogP contribution in [-0.4, -0.2) is 49.5 Å². The first-order chi connectivity index (χ1) is 18.5. The molecule has 0 saturated heterocycles. The standard InChI is InChI=1S/C28H37N3O7/c1-35-23-19-20-15-17-31(26(20)28(37-3)27(23)36-2)16-10-18-38-22-12-9-8-11-21(22)29-24(32)13-6-4-5-7-14-25(33)30-34/h8-9,11-12,15,17,19,34H,4-7,10,13-14,16,18H2,1-3H3,(H,29,32)(H,30,33). The molecule has 0 aliphatic heterocycles. The number of benzene rings is 2. The number of unbranched alkanes of at least 4 members (excludes halogenated alkanes) is 3. The van der Waals surface area contributed by atoms with E-state index in [1.54, 1.807) is 26.8 Å². The van der Waals surface area contributed by atoms with Crippen molar-refractivity contribution in [2.45, 2.75) is 51.5 Å². The number of hydroxylamine groups is 1. The smallest absolute Gasteiger partial charge is 0.243 e. The molecule has 1 aromatic heterocycles. The van der Waals surface area contributed by atoms with Crippen LogP contribution in [0.5, 0.6) is 23.0 Å². The van der Waals surface area contributed by atoms with Gasteiger partial charge in [0.1, 0.15) is 5.75 Å². The molecule has 10 nitrogen and oxygen atoms in total. The number of fused-ring (bicyclic) bond motifs is 1. The second-order valence-electron chi connectivity index (χ2n) is 8.79. The number of anilines is 1. The third-order valence-electron chi connectivity index (χ3n) is 6.20. The van der Waals surface area contributed by atoms with Gasteiger partial charge in [-0.15, -0.1) is 0 Å².